The molecule has 1 aromatic heterocycles. The molecule has 0 aliphatic rings. The van der Waals surface area contributed by atoms with Crippen molar-refractivity contribution in [2.45, 2.75) is 33.2 Å². The molecule has 0 atom stereocenters. The van der Waals surface area contributed by atoms with Gasteiger partial charge >= 0.3 is 0 Å². The van der Waals surface area contributed by atoms with Gasteiger partial charge < -0.3 is 0 Å². The van der Waals surface area contributed by atoms with E-state index in [0.717, 1.165) is 12.2 Å². The van der Waals surface area contributed by atoms with Gasteiger partial charge in [0.2, 0.25) is 0 Å². The predicted octanol–water partition coefficient (Wildman–Crippen LogP) is 2.07. The highest BCUT2D eigenvalue weighted by atomic mass is 35.5. The van der Waals surface area contributed by atoms with Gasteiger partial charge in [0, 0.05) is 12.5 Å². The van der Waals surface area contributed by atoms with Gasteiger partial charge in [-0.1, -0.05) is 30.7 Å². The van der Waals surface area contributed by atoms with Gasteiger partial charge in [-0.05, 0) is 6.92 Å². The third kappa shape index (κ3) is 1.53. The Hall–Kier alpha value is -0.570. The Balaban J connectivity index is 3.00. The summed E-state index contributed by atoms with van der Waals surface area (Å²) in [6.07, 6.45) is 0. The molecular formula is C7H12ClN3. The number of rotatable bonds is 2. The third-order valence-corrected chi connectivity index (χ3v) is 1.93. The SMILES string of the molecule is CCn1nnc(C(C)C)c1Cl. The summed E-state index contributed by atoms with van der Waals surface area (Å²) in [6, 6.07) is 0. The number of aromatic nitrogens is 3. The van der Waals surface area contributed by atoms with Gasteiger partial charge in [-0.3, -0.25) is 0 Å². The van der Waals surface area contributed by atoms with Gasteiger partial charge in [-0.2, -0.15) is 0 Å². The van der Waals surface area contributed by atoms with Gasteiger partial charge in [0.1, 0.15) is 5.69 Å². The summed E-state index contributed by atoms with van der Waals surface area (Å²) in [4.78, 5) is 0. The van der Waals surface area contributed by atoms with E-state index in [0.29, 0.717) is 11.1 Å². The Kier molecular flexibility index (Phi) is 2.49. The summed E-state index contributed by atoms with van der Waals surface area (Å²) in [5.74, 6) is 0.350. The topological polar surface area (TPSA) is 30.7 Å². The van der Waals surface area contributed by atoms with Gasteiger partial charge in [0.15, 0.2) is 5.15 Å². The van der Waals surface area contributed by atoms with Crippen molar-refractivity contribution in [3.8, 4) is 0 Å². The molecule has 62 valence electrons. The summed E-state index contributed by atoms with van der Waals surface area (Å²) in [5, 5.41) is 8.53. The molecule has 0 radical (unpaired) electrons. The van der Waals surface area contributed by atoms with Crippen molar-refractivity contribution in [2.24, 2.45) is 0 Å². The van der Waals surface area contributed by atoms with Crippen molar-refractivity contribution >= 4 is 11.6 Å². The monoisotopic (exact) mass is 173 g/mol. The van der Waals surface area contributed by atoms with E-state index in [-0.39, 0.29) is 0 Å². The van der Waals surface area contributed by atoms with Crippen molar-refractivity contribution in [1.29, 1.82) is 0 Å². The number of hydrogen-bond donors (Lipinski definition) is 0. The molecule has 1 rings (SSSR count). The molecule has 0 aliphatic heterocycles. The Labute approximate surface area is 71.4 Å². The van der Waals surface area contributed by atoms with E-state index in [9.17, 15) is 0 Å². The molecule has 0 amide bonds. The number of aryl methyl sites for hydroxylation is 1. The zero-order valence-corrected chi connectivity index (χ0v) is 7.76. The first-order valence-electron chi connectivity index (χ1n) is 3.75. The first kappa shape index (κ1) is 8.53. The van der Waals surface area contributed by atoms with E-state index >= 15 is 0 Å². The second kappa shape index (κ2) is 3.22. The maximum Gasteiger partial charge on any atom is 0.150 e. The minimum Gasteiger partial charge on any atom is -0.234 e. The molecule has 0 aromatic carbocycles. The summed E-state index contributed by atoms with van der Waals surface area (Å²) in [6.45, 7) is 6.87. The molecule has 11 heavy (non-hydrogen) atoms. The highest BCUT2D eigenvalue weighted by Gasteiger charge is 2.11. The lowest BCUT2D eigenvalue weighted by Crippen LogP contribution is -1.96. The molecule has 0 fully saturated rings. The first-order chi connectivity index (χ1) is 5.16. The molecule has 0 bridgehead atoms. The lowest BCUT2D eigenvalue weighted by Gasteiger charge is -1.99. The van der Waals surface area contributed by atoms with Crippen LogP contribution >= 0.6 is 11.6 Å². The molecule has 0 unspecified atom stereocenters. The average molecular weight is 174 g/mol. The quantitative estimate of drug-likeness (QED) is 0.686. The predicted molar refractivity (Wildman–Crippen MR) is 44.8 cm³/mol. The largest absolute Gasteiger partial charge is 0.234 e. The van der Waals surface area contributed by atoms with Crippen LogP contribution in [0.4, 0.5) is 0 Å². The number of hydrogen-bond acceptors (Lipinski definition) is 2. The van der Waals surface area contributed by atoms with Gasteiger partial charge in [0.25, 0.3) is 0 Å². The molecule has 1 heterocycles. The molecule has 0 saturated carbocycles. The maximum atomic E-state index is 5.96. The summed E-state index contributed by atoms with van der Waals surface area (Å²) >= 11 is 5.96. The highest BCUT2D eigenvalue weighted by Crippen LogP contribution is 2.20. The Bertz CT molecular complexity index is 242. The molecule has 0 spiro atoms. The van der Waals surface area contributed by atoms with Crippen LogP contribution < -0.4 is 0 Å². The van der Waals surface area contributed by atoms with E-state index in [2.05, 4.69) is 24.2 Å². The van der Waals surface area contributed by atoms with Crippen molar-refractivity contribution < 1.29 is 0 Å². The molecule has 1 aromatic rings. The van der Waals surface area contributed by atoms with Crippen LogP contribution in [0.25, 0.3) is 0 Å². The van der Waals surface area contributed by atoms with Crippen LogP contribution in [-0.2, 0) is 6.54 Å². The number of halogens is 1. The second-order valence-corrected chi connectivity index (χ2v) is 3.09. The lowest BCUT2D eigenvalue weighted by atomic mass is 10.2. The fraction of sp³-hybridized carbons (Fsp3) is 0.714. The molecule has 0 N–H and O–H groups in total. The van der Waals surface area contributed by atoms with Crippen LogP contribution in [0.15, 0.2) is 0 Å². The zero-order chi connectivity index (χ0) is 8.43. The average Bonchev–Trinajstić information content (AvgIpc) is 2.30. The fourth-order valence-corrected chi connectivity index (χ4v) is 1.28. The van der Waals surface area contributed by atoms with E-state index in [1.165, 1.54) is 0 Å². The minimum atomic E-state index is 0.350. The lowest BCUT2D eigenvalue weighted by molar-refractivity contribution is 0.627. The smallest absolute Gasteiger partial charge is 0.150 e. The van der Waals surface area contributed by atoms with E-state index in [1.807, 2.05) is 6.92 Å². The van der Waals surface area contributed by atoms with Gasteiger partial charge in [-0.25, -0.2) is 4.68 Å². The Morgan fingerprint density at radius 3 is 2.45 bits per heavy atom. The zero-order valence-electron chi connectivity index (χ0n) is 7.00. The first-order valence-corrected chi connectivity index (χ1v) is 4.13. The molecular weight excluding hydrogens is 162 g/mol. The minimum absolute atomic E-state index is 0.350. The Morgan fingerprint density at radius 2 is 2.18 bits per heavy atom. The van der Waals surface area contributed by atoms with Crippen molar-refractivity contribution in [3.63, 3.8) is 0 Å². The van der Waals surface area contributed by atoms with E-state index in [1.54, 1.807) is 4.68 Å². The number of nitrogens with zero attached hydrogens (tertiary/aromatic N) is 3. The van der Waals surface area contributed by atoms with Crippen LogP contribution in [-0.4, -0.2) is 15.0 Å². The van der Waals surface area contributed by atoms with Crippen molar-refractivity contribution in [1.82, 2.24) is 15.0 Å². The third-order valence-electron chi connectivity index (χ3n) is 1.54. The van der Waals surface area contributed by atoms with E-state index in [4.69, 9.17) is 11.6 Å². The molecule has 3 nitrogen and oxygen atoms in total. The van der Waals surface area contributed by atoms with Crippen molar-refractivity contribution in [2.75, 3.05) is 0 Å². The molecule has 0 aliphatic carbocycles. The molecule has 4 heteroatoms. The normalized spacial score (nSPS) is 11.0. The standard InChI is InChI=1S/C7H12ClN3/c1-4-11-7(8)6(5(2)3)9-10-11/h5H,4H2,1-3H3. The van der Waals surface area contributed by atoms with E-state index < -0.39 is 0 Å². The summed E-state index contributed by atoms with van der Waals surface area (Å²) in [5.41, 5.74) is 0.883. The Morgan fingerprint density at radius 1 is 1.55 bits per heavy atom. The van der Waals surface area contributed by atoms with Crippen LogP contribution in [0.5, 0.6) is 0 Å². The van der Waals surface area contributed by atoms with Crippen LogP contribution in [0.1, 0.15) is 32.4 Å². The second-order valence-electron chi connectivity index (χ2n) is 2.74. The van der Waals surface area contributed by atoms with Crippen LogP contribution in [0, 0.1) is 0 Å². The van der Waals surface area contributed by atoms with Gasteiger partial charge in [-0.15, -0.1) is 5.10 Å². The van der Waals surface area contributed by atoms with Crippen LogP contribution in [0.2, 0.25) is 5.15 Å². The van der Waals surface area contributed by atoms with Gasteiger partial charge in [0.05, 0.1) is 0 Å². The van der Waals surface area contributed by atoms with Crippen LogP contribution in [0.3, 0.4) is 0 Å². The molecule has 0 saturated heterocycles. The maximum absolute atomic E-state index is 5.96. The summed E-state index contributed by atoms with van der Waals surface area (Å²) in [7, 11) is 0. The highest BCUT2D eigenvalue weighted by molar-refractivity contribution is 6.30. The fourth-order valence-electron chi connectivity index (χ4n) is 0.871. The van der Waals surface area contributed by atoms with Crippen molar-refractivity contribution in [3.05, 3.63) is 10.8 Å². The summed E-state index contributed by atoms with van der Waals surface area (Å²) < 4.78 is 1.69.